The summed E-state index contributed by atoms with van der Waals surface area (Å²) in [5, 5.41) is 2.95. The van der Waals surface area contributed by atoms with E-state index in [2.05, 4.69) is 17.5 Å². The van der Waals surface area contributed by atoms with Gasteiger partial charge in [0.1, 0.15) is 10.7 Å². The molecule has 112 valence electrons. The highest BCUT2D eigenvalue weighted by Crippen LogP contribution is 2.34. The Hall–Kier alpha value is -2.02. The van der Waals surface area contributed by atoms with Gasteiger partial charge in [0.25, 0.3) is 0 Å². The van der Waals surface area contributed by atoms with Gasteiger partial charge in [-0.15, -0.1) is 0 Å². The number of hydrogen-bond acceptors (Lipinski definition) is 3. The predicted molar refractivity (Wildman–Crippen MR) is 78.1 cm³/mol. The SMILES string of the molecule is CC(Nc1ccc(C(N)=S)c(C(F)(F)F)c1)c1ccco1. The van der Waals surface area contributed by atoms with Crippen LogP contribution in [0.1, 0.15) is 29.9 Å². The van der Waals surface area contributed by atoms with Crippen LogP contribution in [0.2, 0.25) is 0 Å². The largest absolute Gasteiger partial charge is 0.467 e. The van der Waals surface area contributed by atoms with Crippen LogP contribution in [-0.2, 0) is 6.18 Å². The zero-order chi connectivity index (χ0) is 15.6. The molecular weight excluding hydrogens is 301 g/mol. The van der Waals surface area contributed by atoms with Crippen molar-refractivity contribution in [3.8, 4) is 0 Å². The highest BCUT2D eigenvalue weighted by molar-refractivity contribution is 7.80. The lowest BCUT2D eigenvalue weighted by Crippen LogP contribution is -2.18. The zero-order valence-corrected chi connectivity index (χ0v) is 11.9. The molecule has 0 aliphatic heterocycles. The highest BCUT2D eigenvalue weighted by atomic mass is 32.1. The van der Waals surface area contributed by atoms with E-state index in [0.717, 1.165) is 6.07 Å². The van der Waals surface area contributed by atoms with E-state index in [1.807, 2.05) is 0 Å². The topological polar surface area (TPSA) is 51.2 Å². The van der Waals surface area contributed by atoms with Gasteiger partial charge in [0.15, 0.2) is 0 Å². The molecule has 0 amide bonds. The lowest BCUT2D eigenvalue weighted by molar-refractivity contribution is -0.137. The van der Waals surface area contributed by atoms with Gasteiger partial charge in [-0.3, -0.25) is 0 Å². The minimum absolute atomic E-state index is 0.186. The van der Waals surface area contributed by atoms with E-state index >= 15 is 0 Å². The van der Waals surface area contributed by atoms with Crippen molar-refractivity contribution in [2.24, 2.45) is 5.73 Å². The first kappa shape index (κ1) is 15.4. The normalized spacial score (nSPS) is 13.0. The number of halogens is 3. The second-order valence-corrected chi connectivity index (χ2v) is 4.94. The maximum absolute atomic E-state index is 13.0. The number of benzene rings is 1. The van der Waals surface area contributed by atoms with Crippen molar-refractivity contribution in [3.05, 3.63) is 53.5 Å². The molecule has 0 radical (unpaired) electrons. The summed E-state index contributed by atoms with van der Waals surface area (Å²) in [7, 11) is 0. The Morgan fingerprint density at radius 2 is 2.05 bits per heavy atom. The number of hydrogen-bond donors (Lipinski definition) is 2. The van der Waals surface area contributed by atoms with Crippen molar-refractivity contribution in [1.82, 2.24) is 0 Å². The number of rotatable bonds is 4. The Morgan fingerprint density at radius 3 is 2.57 bits per heavy atom. The maximum atomic E-state index is 13.0. The third kappa shape index (κ3) is 3.55. The lowest BCUT2D eigenvalue weighted by atomic mass is 10.1. The maximum Gasteiger partial charge on any atom is 0.417 e. The number of nitrogens with two attached hydrogens (primary N) is 1. The molecule has 0 bridgehead atoms. The summed E-state index contributed by atoms with van der Waals surface area (Å²) in [6.45, 7) is 1.79. The van der Waals surface area contributed by atoms with Gasteiger partial charge in [0.2, 0.25) is 0 Å². The molecule has 0 saturated carbocycles. The number of nitrogens with one attached hydrogen (secondary N) is 1. The van der Waals surface area contributed by atoms with Crippen molar-refractivity contribution in [3.63, 3.8) is 0 Å². The quantitative estimate of drug-likeness (QED) is 0.834. The van der Waals surface area contributed by atoms with Gasteiger partial charge in [-0.05, 0) is 37.3 Å². The number of thiocarbonyl (C=S) groups is 1. The van der Waals surface area contributed by atoms with Crippen LogP contribution in [-0.4, -0.2) is 4.99 Å². The average molecular weight is 314 g/mol. The first-order valence-electron chi connectivity index (χ1n) is 6.10. The Bertz CT molecular complexity index is 638. The third-order valence-electron chi connectivity index (χ3n) is 2.94. The predicted octanol–water partition coefficient (Wildman–Crippen LogP) is 4.11. The number of anilines is 1. The van der Waals surface area contributed by atoms with Crippen LogP contribution in [0.3, 0.4) is 0 Å². The summed E-state index contributed by atoms with van der Waals surface area (Å²) in [5.41, 5.74) is 4.61. The molecule has 1 atom stereocenters. The Morgan fingerprint density at radius 1 is 1.33 bits per heavy atom. The summed E-state index contributed by atoms with van der Waals surface area (Å²) >= 11 is 4.66. The van der Waals surface area contributed by atoms with Crippen LogP contribution >= 0.6 is 12.2 Å². The van der Waals surface area contributed by atoms with Crippen molar-refractivity contribution in [2.75, 3.05) is 5.32 Å². The van der Waals surface area contributed by atoms with Gasteiger partial charge < -0.3 is 15.5 Å². The van der Waals surface area contributed by atoms with Crippen LogP contribution in [0, 0.1) is 0 Å². The average Bonchev–Trinajstić information content (AvgIpc) is 2.91. The van der Waals surface area contributed by atoms with E-state index in [-0.39, 0.29) is 16.6 Å². The molecule has 0 spiro atoms. The molecule has 2 aromatic rings. The van der Waals surface area contributed by atoms with Crippen molar-refractivity contribution >= 4 is 22.9 Å². The standard InChI is InChI=1S/C14H13F3N2OS/c1-8(12-3-2-6-20-12)19-9-4-5-10(13(18)21)11(7-9)14(15,16)17/h2-8,19H,1H3,(H2,18,21). The van der Waals surface area contributed by atoms with Gasteiger partial charge in [-0.2, -0.15) is 13.2 Å². The van der Waals surface area contributed by atoms with Crippen molar-refractivity contribution < 1.29 is 17.6 Å². The molecular formula is C14H13F3N2OS. The highest BCUT2D eigenvalue weighted by Gasteiger charge is 2.34. The minimum Gasteiger partial charge on any atom is -0.467 e. The fraction of sp³-hybridized carbons (Fsp3) is 0.214. The van der Waals surface area contributed by atoms with E-state index in [1.54, 1.807) is 19.1 Å². The van der Waals surface area contributed by atoms with Crippen molar-refractivity contribution in [1.29, 1.82) is 0 Å². The van der Waals surface area contributed by atoms with Crippen LogP contribution < -0.4 is 11.1 Å². The Kier molecular flexibility index (Phi) is 4.22. The lowest BCUT2D eigenvalue weighted by Gasteiger charge is -2.17. The summed E-state index contributed by atoms with van der Waals surface area (Å²) < 4.78 is 44.3. The third-order valence-corrected chi connectivity index (χ3v) is 3.16. The van der Waals surface area contributed by atoms with E-state index in [4.69, 9.17) is 10.2 Å². The molecule has 1 aromatic heterocycles. The molecule has 21 heavy (non-hydrogen) atoms. The van der Waals surface area contributed by atoms with Gasteiger partial charge in [-0.1, -0.05) is 12.2 Å². The van der Waals surface area contributed by atoms with Crippen LogP contribution in [0.4, 0.5) is 18.9 Å². The fourth-order valence-electron chi connectivity index (χ4n) is 1.94. The zero-order valence-electron chi connectivity index (χ0n) is 11.1. The smallest absolute Gasteiger partial charge is 0.417 e. The van der Waals surface area contributed by atoms with Crippen LogP contribution in [0.15, 0.2) is 41.0 Å². The molecule has 7 heteroatoms. The number of furan rings is 1. The molecule has 3 N–H and O–H groups in total. The molecule has 1 aromatic carbocycles. The summed E-state index contributed by atoms with van der Waals surface area (Å²) in [6.07, 6.45) is -3.02. The van der Waals surface area contributed by atoms with E-state index in [0.29, 0.717) is 11.4 Å². The molecule has 1 unspecified atom stereocenters. The van der Waals surface area contributed by atoms with Crippen molar-refractivity contribution in [2.45, 2.75) is 19.1 Å². The van der Waals surface area contributed by atoms with Gasteiger partial charge in [-0.25, -0.2) is 0 Å². The van der Waals surface area contributed by atoms with E-state index < -0.39 is 11.7 Å². The van der Waals surface area contributed by atoms with Crippen LogP contribution in [0.25, 0.3) is 0 Å². The summed E-state index contributed by atoms with van der Waals surface area (Å²) in [4.78, 5) is -0.284. The first-order chi connectivity index (χ1) is 9.79. The van der Waals surface area contributed by atoms with Gasteiger partial charge in [0, 0.05) is 11.3 Å². The Labute approximate surface area is 124 Å². The first-order valence-corrected chi connectivity index (χ1v) is 6.51. The molecule has 0 aliphatic rings. The second-order valence-electron chi connectivity index (χ2n) is 4.50. The molecule has 0 aliphatic carbocycles. The Balaban J connectivity index is 2.32. The van der Waals surface area contributed by atoms with E-state index in [1.165, 1.54) is 18.4 Å². The molecule has 0 fully saturated rings. The number of alkyl halides is 3. The summed E-state index contributed by atoms with van der Waals surface area (Å²) in [5.74, 6) is 0.627. The summed E-state index contributed by atoms with van der Waals surface area (Å²) in [6, 6.07) is 6.95. The van der Waals surface area contributed by atoms with E-state index in [9.17, 15) is 13.2 Å². The van der Waals surface area contributed by atoms with Crippen LogP contribution in [0.5, 0.6) is 0 Å². The molecule has 0 saturated heterocycles. The molecule has 3 nitrogen and oxygen atoms in total. The van der Waals surface area contributed by atoms with Gasteiger partial charge in [0.05, 0.1) is 17.9 Å². The minimum atomic E-state index is -4.52. The van der Waals surface area contributed by atoms with Gasteiger partial charge >= 0.3 is 6.18 Å². The second kappa shape index (κ2) is 5.77. The molecule has 1 heterocycles. The fourth-order valence-corrected chi connectivity index (χ4v) is 2.12. The molecule has 2 rings (SSSR count). The monoisotopic (exact) mass is 314 g/mol.